The lowest BCUT2D eigenvalue weighted by Crippen LogP contribution is -2.11. The highest BCUT2D eigenvalue weighted by molar-refractivity contribution is 9.09. The summed E-state index contributed by atoms with van der Waals surface area (Å²) in [5.41, 5.74) is 0. The van der Waals surface area contributed by atoms with Crippen LogP contribution in [0, 0.1) is 0 Å². The normalized spacial score (nSPS) is 11.8. The van der Waals surface area contributed by atoms with Crippen LogP contribution in [0.4, 0.5) is 0 Å². The summed E-state index contributed by atoms with van der Waals surface area (Å²) >= 11 is 3.21. The molecule has 0 N–H and O–H groups in total. The molecule has 0 amide bonds. The van der Waals surface area contributed by atoms with Gasteiger partial charge in [-0.2, -0.15) is 0 Å². The third kappa shape index (κ3) is 6.81. The van der Waals surface area contributed by atoms with Gasteiger partial charge in [0.25, 0.3) is 0 Å². The Kier molecular flexibility index (Phi) is 6.24. The van der Waals surface area contributed by atoms with E-state index in [1.165, 1.54) is 0 Å². The summed E-state index contributed by atoms with van der Waals surface area (Å²) in [6, 6.07) is 0. The van der Waals surface area contributed by atoms with Crippen LogP contribution in [0.1, 0.15) is 26.2 Å². The van der Waals surface area contributed by atoms with Crippen molar-refractivity contribution in [3.63, 3.8) is 0 Å². The largest absolute Gasteiger partial charge is 0.229 e. The molecule has 68 valence electrons. The average molecular weight is 243 g/mol. The van der Waals surface area contributed by atoms with Crippen LogP contribution in [0.15, 0.2) is 0 Å². The second kappa shape index (κ2) is 6.00. The van der Waals surface area contributed by atoms with Crippen molar-refractivity contribution in [2.24, 2.45) is 0 Å². The molecule has 0 heterocycles. The highest BCUT2D eigenvalue weighted by atomic mass is 79.9. The van der Waals surface area contributed by atoms with Gasteiger partial charge < -0.3 is 0 Å². The van der Waals surface area contributed by atoms with Gasteiger partial charge in [-0.25, -0.2) is 8.42 Å². The first-order chi connectivity index (χ1) is 5.12. The lowest BCUT2D eigenvalue weighted by atomic mass is 10.4. The molecule has 0 saturated carbocycles. The van der Waals surface area contributed by atoms with Crippen molar-refractivity contribution in [1.82, 2.24) is 0 Å². The number of unbranched alkanes of at least 4 members (excludes halogenated alkanes) is 1. The van der Waals surface area contributed by atoms with Crippen LogP contribution < -0.4 is 0 Å². The molecule has 0 aliphatic heterocycles. The molecule has 0 unspecified atom stereocenters. The molecule has 0 saturated heterocycles. The van der Waals surface area contributed by atoms with Gasteiger partial charge in [0, 0.05) is 5.33 Å². The first-order valence-corrected chi connectivity index (χ1v) is 6.83. The first-order valence-electron chi connectivity index (χ1n) is 3.89. The molecule has 0 rings (SSSR count). The van der Waals surface area contributed by atoms with Gasteiger partial charge in [0.05, 0.1) is 11.5 Å². The van der Waals surface area contributed by atoms with Crippen LogP contribution in [0.5, 0.6) is 0 Å². The van der Waals surface area contributed by atoms with Crippen LogP contribution in [0.25, 0.3) is 0 Å². The van der Waals surface area contributed by atoms with Crippen molar-refractivity contribution < 1.29 is 8.42 Å². The summed E-state index contributed by atoms with van der Waals surface area (Å²) in [7, 11) is -2.74. The lowest BCUT2D eigenvalue weighted by Gasteiger charge is -2.00. The lowest BCUT2D eigenvalue weighted by molar-refractivity contribution is 0.591. The van der Waals surface area contributed by atoms with Gasteiger partial charge in [-0.3, -0.25) is 0 Å². The van der Waals surface area contributed by atoms with Crippen LogP contribution >= 0.6 is 15.9 Å². The van der Waals surface area contributed by atoms with Crippen molar-refractivity contribution in [2.75, 3.05) is 16.8 Å². The Labute approximate surface area is 77.4 Å². The molecular weight excluding hydrogens is 228 g/mol. The van der Waals surface area contributed by atoms with E-state index in [4.69, 9.17) is 0 Å². The van der Waals surface area contributed by atoms with Crippen molar-refractivity contribution in [1.29, 1.82) is 0 Å². The second-order valence-electron chi connectivity index (χ2n) is 2.55. The molecule has 0 aromatic rings. The van der Waals surface area contributed by atoms with Gasteiger partial charge in [0.2, 0.25) is 0 Å². The molecule has 0 aromatic carbocycles. The zero-order valence-corrected chi connectivity index (χ0v) is 9.25. The predicted molar refractivity (Wildman–Crippen MR) is 52.0 cm³/mol. The minimum absolute atomic E-state index is 0.332. The number of rotatable bonds is 6. The molecule has 0 fully saturated rings. The smallest absolute Gasteiger partial charge is 0.150 e. The van der Waals surface area contributed by atoms with Crippen molar-refractivity contribution in [2.45, 2.75) is 26.2 Å². The molecule has 0 aromatic heterocycles. The van der Waals surface area contributed by atoms with Crippen LogP contribution in [0.2, 0.25) is 0 Å². The summed E-state index contributed by atoms with van der Waals surface area (Å²) < 4.78 is 22.3. The van der Waals surface area contributed by atoms with E-state index in [9.17, 15) is 8.42 Å². The summed E-state index contributed by atoms with van der Waals surface area (Å²) in [6.07, 6.45) is 2.48. The number of hydrogen-bond acceptors (Lipinski definition) is 2. The maximum atomic E-state index is 11.1. The van der Waals surface area contributed by atoms with Gasteiger partial charge >= 0.3 is 0 Å². The third-order valence-electron chi connectivity index (χ3n) is 1.40. The summed E-state index contributed by atoms with van der Waals surface area (Å²) in [5, 5.41) is 0.776. The highest BCUT2D eigenvalue weighted by Gasteiger charge is 2.07. The molecule has 0 radical (unpaired) electrons. The molecule has 0 atom stereocenters. The Morgan fingerprint density at radius 3 is 2.18 bits per heavy atom. The summed E-state index contributed by atoms with van der Waals surface area (Å²) in [6.45, 7) is 2.00. The number of sulfone groups is 1. The quantitative estimate of drug-likeness (QED) is 0.668. The third-order valence-corrected chi connectivity index (χ3v) is 3.78. The van der Waals surface area contributed by atoms with Crippen LogP contribution in [-0.4, -0.2) is 25.3 Å². The number of hydrogen-bond donors (Lipinski definition) is 0. The van der Waals surface area contributed by atoms with E-state index >= 15 is 0 Å². The van der Waals surface area contributed by atoms with E-state index in [0.29, 0.717) is 11.5 Å². The van der Waals surface area contributed by atoms with E-state index in [1.807, 2.05) is 6.92 Å². The number of halogens is 1. The number of alkyl halides is 1. The van der Waals surface area contributed by atoms with Crippen LogP contribution in [-0.2, 0) is 9.84 Å². The molecular formula is C7H15BrO2S. The maximum Gasteiger partial charge on any atom is 0.150 e. The minimum Gasteiger partial charge on any atom is -0.229 e. The van der Waals surface area contributed by atoms with E-state index < -0.39 is 9.84 Å². The van der Waals surface area contributed by atoms with Crippen molar-refractivity contribution >= 4 is 25.8 Å². The molecule has 0 aliphatic rings. The van der Waals surface area contributed by atoms with Crippen LogP contribution in [0.3, 0.4) is 0 Å². The molecule has 11 heavy (non-hydrogen) atoms. The van der Waals surface area contributed by atoms with E-state index in [-0.39, 0.29) is 0 Å². The van der Waals surface area contributed by atoms with Gasteiger partial charge in [-0.15, -0.1) is 0 Å². The fourth-order valence-corrected chi connectivity index (χ4v) is 2.91. The minimum atomic E-state index is -2.74. The first kappa shape index (κ1) is 11.4. The van der Waals surface area contributed by atoms with Crippen molar-refractivity contribution in [3.05, 3.63) is 0 Å². The molecule has 4 heteroatoms. The Morgan fingerprint density at radius 2 is 1.73 bits per heavy atom. The van der Waals surface area contributed by atoms with Crippen molar-refractivity contribution in [3.8, 4) is 0 Å². The Bertz CT molecular complexity index is 161. The van der Waals surface area contributed by atoms with Gasteiger partial charge in [-0.05, 0) is 12.8 Å². The average Bonchev–Trinajstić information content (AvgIpc) is 1.97. The Morgan fingerprint density at radius 1 is 1.18 bits per heavy atom. The Hall–Kier alpha value is 0.430. The van der Waals surface area contributed by atoms with Gasteiger partial charge in [-0.1, -0.05) is 29.3 Å². The zero-order chi connectivity index (χ0) is 8.74. The fourth-order valence-electron chi connectivity index (χ4n) is 0.741. The molecule has 2 nitrogen and oxygen atoms in total. The topological polar surface area (TPSA) is 34.1 Å². The zero-order valence-electron chi connectivity index (χ0n) is 6.85. The maximum absolute atomic E-state index is 11.1. The van der Waals surface area contributed by atoms with Gasteiger partial charge in [0.15, 0.2) is 0 Å². The SMILES string of the molecule is CCCCS(=O)(=O)CCCBr. The molecule has 0 aliphatic carbocycles. The summed E-state index contributed by atoms with van der Waals surface area (Å²) in [5.74, 6) is 0.689. The Balaban J connectivity index is 3.63. The van der Waals surface area contributed by atoms with E-state index in [2.05, 4.69) is 15.9 Å². The summed E-state index contributed by atoms with van der Waals surface area (Å²) in [4.78, 5) is 0. The standard InChI is InChI=1S/C7H15BrO2S/c1-2-3-6-11(9,10)7-4-5-8/h2-7H2,1H3. The highest BCUT2D eigenvalue weighted by Crippen LogP contribution is 2.00. The molecule has 0 spiro atoms. The monoisotopic (exact) mass is 242 g/mol. The molecule has 0 bridgehead atoms. The van der Waals surface area contributed by atoms with Gasteiger partial charge in [0.1, 0.15) is 9.84 Å². The predicted octanol–water partition coefficient (Wildman–Crippen LogP) is 1.99. The van der Waals surface area contributed by atoms with E-state index in [1.54, 1.807) is 0 Å². The second-order valence-corrected chi connectivity index (χ2v) is 5.64. The van der Waals surface area contributed by atoms with E-state index in [0.717, 1.165) is 24.6 Å². The fraction of sp³-hybridized carbons (Fsp3) is 1.00.